The predicted molar refractivity (Wildman–Crippen MR) is 81.3 cm³/mol. The van der Waals surface area contributed by atoms with Crippen molar-refractivity contribution in [3.63, 3.8) is 0 Å². The molecule has 0 saturated heterocycles. The van der Waals surface area contributed by atoms with Crippen molar-refractivity contribution in [3.8, 4) is 0 Å². The van der Waals surface area contributed by atoms with Crippen molar-refractivity contribution in [1.29, 1.82) is 0 Å². The lowest BCUT2D eigenvalue weighted by Crippen LogP contribution is -2.23. The fourth-order valence-electron chi connectivity index (χ4n) is 2.04. The van der Waals surface area contributed by atoms with E-state index in [0.29, 0.717) is 12.0 Å². The second-order valence-corrected chi connectivity index (χ2v) is 6.44. The summed E-state index contributed by atoms with van der Waals surface area (Å²) in [5.41, 5.74) is 1.05. The normalized spacial score (nSPS) is 12.8. The van der Waals surface area contributed by atoms with E-state index in [9.17, 15) is 9.59 Å². The van der Waals surface area contributed by atoms with Gasteiger partial charge in [-0.25, -0.2) is 4.79 Å². The Kier molecular flexibility index (Phi) is 5.94. The van der Waals surface area contributed by atoms with Gasteiger partial charge in [-0.15, -0.1) is 0 Å². The maximum atomic E-state index is 12.0. The summed E-state index contributed by atoms with van der Waals surface area (Å²) in [5.74, 6) is -0.845. The molecule has 1 atom stereocenters. The van der Waals surface area contributed by atoms with Gasteiger partial charge in [0, 0.05) is 6.42 Å². The van der Waals surface area contributed by atoms with Crippen molar-refractivity contribution in [1.82, 2.24) is 0 Å². The van der Waals surface area contributed by atoms with Gasteiger partial charge in [-0.05, 0) is 57.2 Å². The van der Waals surface area contributed by atoms with Gasteiger partial charge in [0.1, 0.15) is 5.60 Å². The summed E-state index contributed by atoms with van der Waals surface area (Å²) in [5, 5.41) is 8.69. The van der Waals surface area contributed by atoms with Gasteiger partial charge in [0.15, 0.2) is 0 Å². The van der Waals surface area contributed by atoms with Crippen LogP contribution >= 0.6 is 0 Å². The molecule has 0 heterocycles. The monoisotopic (exact) mass is 292 g/mol. The van der Waals surface area contributed by atoms with Gasteiger partial charge in [-0.1, -0.05) is 19.1 Å². The Hall–Kier alpha value is -1.84. The van der Waals surface area contributed by atoms with Crippen LogP contribution in [-0.2, 0) is 16.0 Å². The number of carboxylic acids is 1. The van der Waals surface area contributed by atoms with E-state index in [1.54, 1.807) is 6.07 Å². The second kappa shape index (κ2) is 7.25. The number of hydrogen-bond acceptors (Lipinski definition) is 3. The standard InChI is InChI=1S/C17H24O4/c1-12(8-9-15(18)19)10-13-6-5-7-14(11-13)16(20)21-17(2,3)4/h5-7,11-12H,8-10H2,1-4H3,(H,18,19). The average molecular weight is 292 g/mol. The first-order valence-corrected chi connectivity index (χ1v) is 7.21. The lowest BCUT2D eigenvalue weighted by molar-refractivity contribution is -0.137. The van der Waals surface area contributed by atoms with Crippen molar-refractivity contribution in [2.24, 2.45) is 5.92 Å². The van der Waals surface area contributed by atoms with E-state index < -0.39 is 11.6 Å². The molecule has 4 nitrogen and oxygen atoms in total. The van der Waals surface area contributed by atoms with Gasteiger partial charge in [0.25, 0.3) is 0 Å². The Bertz CT molecular complexity index is 500. The van der Waals surface area contributed by atoms with Crippen LogP contribution in [0.5, 0.6) is 0 Å². The van der Waals surface area contributed by atoms with Crippen molar-refractivity contribution in [3.05, 3.63) is 35.4 Å². The molecular formula is C17H24O4. The number of aliphatic carboxylic acids is 1. The molecule has 1 unspecified atom stereocenters. The third-order valence-electron chi connectivity index (χ3n) is 3.00. The highest BCUT2D eigenvalue weighted by atomic mass is 16.6. The van der Waals surface area contributed by atoms with Crippen molar-refractivity contribution in [2.75, 3.05) is 0 Å². The Morgan fingerprint density at radius 2 is 1.95 bits per heavy atom. The number of esters is 1. The third-order valence-corrected chi connectivity index (χ3v) is 3.00. The minimum Gasteiger partial charge on any atom is -0.481 e. The van der Waals surface area contributed by atoms with Crippen LogP contribution in [0.3, 0.4) is 0 Å². The van der Waals surface area contributed by atoms with Crippen LogP contribution in [0, 0.1) is 5.92 Å². The lowest BCUT2D eigenvalue weighted by Gasteiger charge is -2.19. The van der Waals surface area contributed by atoms with Crippen molar-refractivity contribution >= 4 is 11.9 Å². The number of carbonyl (C=O) groups is 2. The number of carbonyl (C=O) groups excluding carboxylic acids is 1. The smallest absolute Gasteiger partial charge is 0.338 e. The second-order valence-electron chi connectivity index (χ2n) is 6.44. The molecule has 0 radical (unpaired) electrons. The van der Waals surface area contributed by atoms with Gasteiger partial charge in [0.05, 0.1) is 5.56 Å². The van der Waals surface area contributed by atoms with Gasteiger partial charge in [-0.3, -0.25) is 4.79 Å². The number of carboxylic acid groups (broad SMARTS) is 1. The number of rotatable bonds is 6. The summed E-state index contributed by atoms with van der Waals surface area (Å²) >= 11 is 0. The summed E-state index contributed by atoms with van der Waals surface area (Å²) in [6, 6.07) is 7.34. The fraction of sp³-hybridized carbons (Fsp3) is 0.529. The molecule has 0 aliphatic carbocycles. The van der Waals surface area contributed by atoms with Crippen LogP contribution in [-0.4, -0.2) is 22.6 Å². The van der Waals surface area contributed by atoms with Gasteiger partial charge in [-0.2, -0.15) is 0 Å². The number of hydrogen-bond donors (Lipinski definition) is 1. The zero-order valence-corrected chi connectivity index (χ0v) is 13.2. The van der Waals surface area contributed by atoms with Gasteiger partial charge >= 0.3 is 11.9 Å². The highest BCUT2D eigenvalue weighted by Crippen LogP contribution is 2.17. The van der Waals surface area contributed by atoms with E-state index in [1.807, 2.05) is 45.9 Å². The molecule has 1 rings (SSSR count). The van der Waals surface area contributed by atoms with Crippen LogP contribution in [0.25, 0.3) is 0 Å². The van der Waals surface area contributed by atoms with Crippen LogP contribution in [0.4, 0.5) is 0 Å². The van der Waals surface area contributed by atoms with Crippen LogP contribution in [0.2, 0.25) is 0 Å². The van der Waals surface area contributed by atoms with Crippen LogP contribution < -0.4 is 0 Å². The zero-order chi connectivity index (χ0) is 16.0. The van der Waals surface area contributed by atoms with Gasteiger partial charge < -0.3 is 9.84 Å². The molecule has 4 heteroatoms. The molecule has 0 aliphatic heterocycles. The lowest BCUT2D eigenvalue weighted by atomic mass is 9.95. The van der Waals surface area contributed by atoms with E-state index >= 15 is 0 Å². The van der Waals surface area contributed by atoms with E-state index in [4.69, 9.17) is 9.84 Å². The summed E-state index contributed by atoms with van der Waals surface area (Å²) in [7, 11) is 0. The first kappa shape index (κ1) is 17.2. The molecule has 0 fully saturated rings. The topological polar surface area (TPSA) is 63.6 Å². The Morgan fingerprint density at radius 1 is 1.29 bits per heavy atom. The maximum Gasteiger partial charge on any atom is 0.338 e. The Labute approximate surface area is 126 Å². The number of ether oxygens (including phenoxy) is 1. The van der Waals surface area contributed by atoms with E-state index in [1.165, 1.54) is 0 Å². The number of benzene rings is 1. The van der Waals surface area contributed by atoms with Gasteiger partial charge in [0.2, 0.25) is 0 Å². The quantitative estimate of drug-likeness (QED) is 0.812. The zero-order valence-electron chi connectivity index (χ0n) is 13.2. The molecule has 116 valence electrons. The Morgan fingerprint density at radius 3 is 2.52 bits per heavy atom. The highest BCUT2D eigenvalue weighted by Gasteiger charge is 2.18. The molecule has 1 N–H and O–H groups in total. The average Bonchev–Trinajstić information content (AvgIpc) is 2.34. The van der Waals surface area contributed by atoms with E-state index in [0.717, 1.165) is 12.0 Å². The minimum atomic E-state index is -0.774. The molecule has 0 aliphatic rings. The SMILES string of the molecule is CC(CCC(=O)O)Cc1cccc(C(=O)OC(C)(C)C)c1. The fourth-order valence-corrected chi connectivity index (χ4v) is 2.04. The predicted octanol–water partition coefficient (Wildman–Crippen LogP) is 3.69. The first-order chi connectivity index (χ1) is 9.67. The van der Waals surface area contributed by atoms with Crippen molar-refractivity contribution in [2.45, 2.75) is 52.6 Å². The molecule has 1 aromatic rings. The molecular weight excluding hydrogens is 268 g/mol. The van der Waals surface area contributed by atoms with Crippen LogP contribution in [0.1, 0.15) is 56.5 Å². The first-order valence-electron chi connectivity index (χ1n) is 7.21. The summed E-state index contributed by atoms with van der Waals surface area (Å²) in [6.07, 6.45) is 1.56. The molecule has 0 amide bonds. The maximum absolute atomic E-state index is 12.0. The van der Waals surface area contributed by atoms with Crippen LogP contribution in [0.15, 0.2) is 24.3 Å². The summed E-state index contributed by atoms with van der Waals surface area (Å²) in [6.45, 7) is 7.53. The highest BCUT2D eigenvalue weighted by molar-refractivity contribution is 5.89. The largest absolute Gasteiger partial charge is 0.481 e. The molecule has 0 saturated carbocycles. The summed E-state index contributed by atoms with van der Waals surface area (Å²) in [4.78, 5) is 22.6. The molecule has 0 bridgehead atoms. The van der Waals surface area contributed by atoms with Crippen molar-refractivity contribution < 1.29 is 19.4 Å². The minimum absolute atomic E-state index is 0.174. The third kappa shape index (κ3) is 6.93. The van der Waals surface area contributed by atoms with E-state index in [2.05, 4.69) is 0 Å². The molecule has 0 aromatic heterocycles. The summed E-state index contributed by atoms with van der Waals surface area (Å²) < 4.78 is 5.35. The molecule has 21 heavy (non-hydrogen) atoms. The van der Waals surface area contributed by atoms with E-state index in [-0.39, 0.29) is 18.3 Å². The molecule has 0 spiro atoms. The molecule has 1 aromatic carbocycles. The Balaban J connectivity index is 2.68.